The summed E-state index contributed by atoms with van der Waals surface area (Å²) in [5.41, 5.74) is 1.29. The summed E-state index contributed by atoms with van der Waals surface area (Å²) in [6.07, 6.45) is 0. The summed E-state index contributed by atoms with van der Waals surface area (Å²) in [5.74, 6) is 1.35. The van der Waals surface area contributed by atoms with Crippen LogP contribution in [0.1, 0.15) is 5.56 Å². The topological polar surface area (TPSA) is 75.7 Å². The van der Waals surface area contributed by atoms with E-state index in [0.29, 0.717) is 28.8 Å². The van der Waals surface area contributed by atoms with Gasteiger partial charge in [0, 0.05) is 23.1 Å². The number of sulfonamides is 1. The van der Waals surface area contributed by atoms with Gasteiger partial charge < -0.3 is 10.1 Å². The van der Waals surface area contributed by atoms with Gasteiger partial charge in [-0.2, -0.15) is 11.8 Å². The second-order valence-corrected chi connectivity index (χ2v) is 10.9. The number of hydrogen-bond acceptors (Lipinski definition) is 5. The van der Waals surface area contributed by atoms with Crippen LogP contribution in [0.5, 0.6) is 5.75 Å². The monoisotopic (exact) mass is 538 g/mol. The van der Waals surface area contributed by atoms with Gasteiger partial charge in [-0.1, -0.05) is 59.6 Å². The van der Waals surface area contributed by atoms with E-state index in [2.05, 4.69) is 5.32 Å². The van der Waals surface area contributed by atoms with Gasteiger partial charge in [0.1, 0.15) is 12.3 Å². The second kappa shape index (κ2) is 12.4. The third-order valence-electron chi connectivity index (χ3n) is 4.83. The SMILES string of the molecule is COc1ccc(N(CC(=O)NCCSCc2ccccc2Cl)S(=O)(=O)c2ccccc2)cc1Cl. The summed E-state index contributed by atoms with van der Waals surface area (Å²) in [5, 5.41) is 3.74. The van der Waals surface area contributed by atoms with Crippen molar-refractivity contribution in [3.8, 4) is 5.75 Å². The minimum atomic E-state index is -4.01. The van der Waals surface area contributed by atoms with Crippen molar-refractivity contribution in [1.82, 2.24) is 5.32 Å². The van der Waals surface area contributed by atoms with Crippen molar-refractivity contribution in [1.29, 1.82) is 0 Å². The number of methoxy groups -OCH3 is 1. The van der Waals surface area contributed by atoms with Gasteiger partial charge in [-0.05, 0) is 42.0 Å². The minimum Gasteiger partial charge on any atom is -0.495 e. The van der Waals surface area contributed by atoms with Crippen LogP contribution in [0.3, 0.4) is 0 Å². The Balaban J connectivity index is 1.68. The molecule has 6 nitrogen and oxygen atoms in total. The van der Waals surface area contributed by atoms with E-state index in [1.807, 2.05) is 24.3 Å². The Morgan fingerprint density at radius 2 is 1.71 bits per heavy atom. The van der Waals surface area contributed by atoms with Crippen molar-refractivity contribution >= 4 is 56.6 Å². The van der Waals surface area contributed by atoms with Crippen molar-refractivity contribution in [2.45, 2.75) is 10.6 Å². The van der Waals surface area contributed by atoms with Gasteiger partial charge in [0.15, 0.2) is 0 Å². The van der Waals surface area contributed by atoms with Crippen LogP contribution in [-0.2, 0) is 20.6 Å². The Labute approximate surface area is 214 Å². The van der Waals surface area contributed by atoms with Crippen molar-refractivity contribution in [3.63, 3.8) is 0 Å². The molecule has 0 aliphatic heterocycles. The van der Waals surface area contributed by atoms with Gasteiger partial charge >= 0.3 is 0 Å². The maximum absolute atomic E-state index is 13.4. The van der Waals surface area contributed by atoms with Crippen LogP contribution in [0.2, 0.25) is 10.0 Å². The fourth-order valence-electron chi connectivity index (χ4n) is 3.09. The van der Waals surface area contributed by atoms with Crippen LogP contribution in [0, 0.1) is 0 Å². The maximum Gasteiger partial charge on any atom is 0.264 e. The summed E-state index contributed by atoms with van der Waals surface area (Å²) in [6.45, 7) is -0.00832. The number of halogens is 2. The molecule has 0 aliphatic carbocycles. The average molecular weight is 540 g/mol. The molecule has 0 saturated carbocycles. The maximum atomic E-state index is 13.4. The molecule has 34 heavy (non-hydrogen) atoms. The average Bonchev–Trinajstić information content (AvgIpc) is 2.84. The first-order chi connectivity index (χ1) is 16.3. The first-order valence-corrected chi connectivity index (χ1v) is 13.7. The standard InChI is InChI=1S/C24H24Cl2N2O4S2/c1-32-23-12-11-19(15-22(23)26)28(34(30,31)20-8-3-2-4-9-20)16-24(29)27-13-14-33-17-18-7-5-6-10-21(18)25/h2-12,15H,13-14,16-17H2,1H3,(H,27,29). The highest BCUT2D eigenvalue weighted by Gasteiger charge is 2.27. The number of benzene rings is 3. The first kappa shape index (κ1) is 26.2. The molecular formula is C24H24Cl2N2O4S2. The largest absolute Gasteiger partial charge is 0.495 e. The Bertz CT molecular complexity index is 1220. The Morgan fingerprint density at radius 1 is 1.00 bits per heavy atom. The lowest BCUT2D eigenvalue weighted by atomic mass is 10.2. The molecule has 1 amide bonds. The molecular weight excluding hydrogens is 515 g/mol. The Hall–Kier alpha value is -2.39. The van der Waals surface area contributed by atoms with Gasteiger partial charge in [0.05, 0.1) is 22.7 Å². The normalized spacial score (nSPS) is 11.1. The van der Waals surface area contributed by atoms with Gasteiger partial charge in [-0.3, -0.25) is 9.10 Å². The molecule has 3 rings (SSSR count). The molecule has 0 aromatic heterocycles. The van der Waals surface area contributed by atoms with E-state index in [4.69, 9.17) is 27.9 Å². The Morgan fingerprint density at radius 3 is 2.38 bits per heavy atom. The van der Waals surface area contributed by atoms with Crippen LogP contribution < -0.4 is 14.4 Å². The van der Waals surface area contributed by atoms with Crippen molar-refractivity contribution in [3.05, 3.63) is 88.4 Å². The van der Waals surface area contributed by atoms with E-state index < -0.39 is 22.5 Å². The van der Waals surface area contributed by atoms with E-state index in [9.17, 15) is 13.2 Å². The van der Waals surface area contributed by atoms with E-state index in [1.165, 1.54) is 25.3 Å². The number of anilines is 1. The lowest BCUT2D eigenvalue weighted by molar-refractivity contribution is -0.119. The van der Waals surface area contributed by atoms with Crippen LogP contribution >= 0.6 is 35.0 Å². The molecule has 0 fully saturated rings. The van der Waals surface area contributed by atoms with Gasteiger partial charge in [-0.15, -0.1) is 0 Å². The van der Waals surface area contributed by atoms with E-state index >= 15 is 0 Å². The molecule has 0 unspecified atom stereocenters. The van der Waals surface area contributed by atoms with E-state index in [1.54, 1.807) is 42.1 Å². The van der Waals surface area contributed by atoms with Crippen molar-refractivity contribution in [2.24, 2.45) is 0 Å². The summed E-state index contributed by atoms with van der Waals surface area (Å²) in [6, 6.07) is 20.1. The molecule has 0 saturated heterocycles. The number of nitrogens with one attached hydrogen (secondary N) is 1. The minimum absolute atomic E-state index is 0.0741. The van der Waals surface area contributed by atoms with Gasteiger partial charge in [-0.25, -0.2) is 8.42 Å². The number of ether oxygens (including phenoxy) is 1. The number of carbonyl (C=O) groups is 1. The highest BCUT2D eigenvalue weighted by molar-refractivity contribution is 7.98. The molecule has 180 valence electrons. The molecule has 0 spiro atoms. The fourth-order valence-corrected chi connectivity index (χ4v) is 5.92. The summed E-state index contributed by atoms with van der Waals surface area (Å²) >= 11 is 14.0. The van der Waals surface area contributed by atoms with Crippen LogP contribution in [-0.4, -0.2) is 40.3 Å². The zero-order valence-corrected chi connectivity index (χ0v) is 21.6. The molecule has 0 heterocycles. The third kappa shape index (κ3) is 6.82. The number of thioether (sulfide) groups is 1. The predicted octanol–water partition coefficient (Wildman–Crippen LogP) is 5.25. The summed E-state index contributed by atoms with van der Waals surface area (Å²) < 4.78 is 32.9. The van der Waals surface area contributed by atoms with Gasteiger partial charge in [0.25, 0.3) is 10.0 Å². The second-order valence-electron chi connectivity index (χ2n) is 7.14. The van der Waals surface area contributed by atoms with Crippen molar-refractivity contribution < 1.29 is 17.9 Å². The van der Waals surface area contributed by atoms with Crippen LogP contribution in [0.4, 0.5) is 5.69 Å². The molecule has 0 atom stereocenters. The van der Waals surface area contributed by atoms with Crippen LogP contribution in [0.25, 0.3) is 0 Å². The quantitative estimate of drug-likeness (QED) is 0.337. The number of nitrogens with zero attached hydrogens (tertiary/aromatic N) is 1. The third-order valence-corrected chi connectivity index (χ3v) is 8.29. The van der Waals surface area contributed by atoms with Crippen molar-refractivity contribution in [2.75, 3.05) is 30.3 Å². The zero-order chi connectivity index (χ0) is 24.6. The smallest absolute Gasteiger partial charge is 0.264 e. The number of hydrogen-bond donors (Lipinski definition) is 1. The lowest BCUT2D eigenvalue weighted by Gasteiger charge is -2.24. The molecule has 0 bridgehead atoms. The lowest BCUT2D eigenvalue weighted by Crippen LogP contribution is -2.41. The molecule has 1 N–H and O–H groups in total. The van der Waals surface area contributed by atoms with E-state index in [0.717, 1.165) is 9.87 Å². The molecule has 3 aromatic rings. The molecule has 3 aromatic carbocycles. The summed E-state index contributed by atoms with van der Waals surface area (Å²) in [7, 11) is -2.54. The molecule has 0 aliphatic rings. The zero-order valence-electron chi connectivity index (χ0n) is 18.4. The fraction of sp³-hybridized carbons (Fsp3) is 0.208. The number of amides is 1. The molecule has 10 heteroatoms. The van der Waals surface area contributed by atoms with E-state index in [-0.39, 0.29) is 15.6 Å². The first-order valence-electron chi connectivity index (χ1n) is 10.3. The summed E-state index contributed by atoms with van der Waals surface area (Å²) in [4.78, 5) is 12.8. The Kier molecular flexibility index (Phi) is 9.53. The molecule has 0 radical (unpaired) electrons. The highest BCUT2D eigenvalue weighted by atomic mass is 35.5. The highest BCUT2D eigenvalue weighted by Crippen LogP contribution is 2.31. The number of carbonyl (C=O) groups excluding carboxylic acids is 1. The van der Waals surface area contributed by atoms with Gasteiger partial charge in [0.2, 0.25) is 5.91 Å². The number of rotatable bonds is 11. The predicted molar refractivity (Wildman–Crippen MR) is 140 cm³/mol. The van der Waals surface area contributed by atoms with Crippen LogP contribution in [0.15, 0.2) is 77.7 Å².